The van der Waals surface area contributed by atoms with Gasteiger partial charge in [-0.3, -0.25) is 14.4 Å². The van der Waals surface area contributed by atoms with Crippen LogP contribution < -0.4 is 9.64 Å². The molecule has 1 aliphatic rings. The molecule has 34 heavy (non-hydrogen) atoms. The average Bonchev–Trinajstić information content (AvgIpc) is 3.13. The van der Waals surface area contributed by atoms with Crippen LogP contribution in [0.4, 0.5) is 5.69 Å². The van der Waals surface area contributed by atoms with Gasteiger partial charge in [0.15, 0.2) is 0 Å². The smallest absolute Gasteiger partial charge is 0.257 e. The summed E-state index contributed by atoms with van der Waals surface area (Å²) in [6.45, 7) is 6.59. The molecule has 4 rings (SSSR count). The van der Waals surface area contributed by atoms with Gasteiger partial charge >= 0.3 is 0 Å². The number of hydrogen-bond donors (Lipinski definition) is 0. The number of benzene rings is 3. The van der Waals surface area contributed by atoms with E-state index in [4.69, 9.17) is 4.74 Å². The second-order valence-corrected chi connectivity index (χ2v) is 8.50. The van der Waals surface area contributed by atoms with Crippen molar-refractivity contribution in [3.05, 3.63) is 95.1 Å². The van der Waals surface area contributed by atoms with E-state index in [1.165, 1.54) is 9.80 Å². The number of ether oxygens (including phenoxy) is 1. The van der Waals surface area contributed by atoms with Gasteiger partial charge in [-0.15, -0.1) is 0 Å². The Morgan fingerprint density at radius 1 is 0.912 bits per heavy atom. The molecule has 1 heterocycles. The third-order valence-electron chi connectivity index (χ3n) is 5.94. The van der Waals surface area contributed by atoms with Crippen LogP contribution in [0.5, 0.6) is 5.75 Å². The molecule has 0 bridgehead atoms. The molecule has 0 saturated carbocycles. The molecular weight excluding hydrogens is 428 g/mol. The van der Waals surface area contributed by atoms with Crippen LogP contribution in [0.2, 0.25) is 0 Å². The molecule has 0 radical (unpaired) electrons. The van der Waals surface area contributed by atoms with E-state index in [-0.39, 0.29) is 24.8 Å². The predicted octanol–water partition coefficient (Wildman–Crippen LogP) is 4.68. The zero-order valence-electron chi connectivity index (χ0n) is 19.7. The molecule has 3 aromatic carbocycles. The number of anilines is 1. The van der Waals surface area contributed by atoms with Crippen molar-refractivity contribution < 1.29 is 19.1 Å². The van der Waals surface area contributed by atoms with Crippen LogP contribution >= 0.6 is 0 Å². The summed E-state index contributed by atoms with van der Waals surface area (Å²) in [5.41, 5.74) is 3.99. The number of hydrogen-bond acceptors (Lipinski definition) is 4. The largest absolute Gasteiger partial charge is 0.494 e. The summed E-state index contributed by atoms with van der Waals surface area (Å²) in [6.07, 6.45) is -0.0600. The van der Waals surface area contributed by atoms with E-state index in [0.717, 1.165) is 16.7 Å². The Kier molecular flexibility index (Phi) is 6.77. The summed E-state index contributed by atoms with van der Waals surface area (Å²) < 4.78 is 5.46. The first-order valence-electron chi connectivity index (χ1n) is 11.4. The van der Waals surface area contributed by atoms with Crippen molar-refractivity contribution in [2.45, 2.75) is 39.8 Å². The van der Waals surface area contributed by atoms with Crippen molar-refractivity contribution in [3.63, 3.8) is 0 Å². The molecule has 1 atom stereocenters. The minimum atomic E-state index is -0.880. The highest BCUT2D eigenvalue weighted by molar-refractivity contribution is 6.23. The molecular formula is C28H28N2O4. The minimum absolute atomic E-state index is 0.0600. The van der Waals surface area contributed by atoms with Crippen molar-refractivity contribution in [2.24, 2.45) is 0 Å². The Balaban J connectivity index is 1.65. The molecule has 0 N–H and O–H groups in total. The van der Waals surface area contributed by atoms with Crippen molar-refractivity contribution in [1.29, 1.82) is 0 Å². The highest BCUT2D eigenvalue weighted by atomic mass is 16.5. The van der Waals surface area contributed by atoms with E-state index in [2.05, 4.69) is 0 Å². The van der Waals surface area contributed by atoms with Crippen LogP contribution in [0.15, 0.2) is 72.8 Å². The maximum absolute atomic E-state index is 13.6. The van der Waals surface area contributed by atoms with E-state index < -0.39 is 11.9 Å². The van der Waals surface area contributed by atoms with Crippen LogP contribution in [0.25, 0.3) is 0 Å². The van der Waals surface area contributed by atoms with Gasteiger partial charge in [-0.05, 0) is 62.7 Å². The Bertz CT molecular complexity index is 1180. The summed E-state index contributed by atoms with van der Waals surface area (Å²) in [5.74, 6) is -0.343. The van der Waals surface area contributed by atoms with Gasteiger partial charge in [0.2, 0.25) is 5.91 Å². The van der Waals surface area contributed by atoms with Crippen molar-refractivity contribution in [1.82, 2.24) is 4.90 Å². The molecule has 3 aromatic rings. The normalized spacial score (nSPS) is 15.5. The topological polar surface area (TPSA) is 66.9 Å². The highest BCUT2D eigenvalue weighted by Gasteiger charge is 2.44. The number of nitrogens with zero attached hydrogens (tertiary/aromatic N) is 2. The molecule has 1 unspecified atom stereocenters. The highest BCUT2D eigenvalue weighted by Crippen LogP contribution is 2.29. The number of amides is 3. The average molecular weight is 457 g/mol. The van der Waals surface area contributed by atoms with Crippen LogP contribution in [0, 0.1) is 13.8 Å². The fraction of sp³-hybridized carbons (Fsp3) is 0.250. The third kappa shape index (κ3) is 4.86. The van der Waals surface area contributed by atoms with Crippen molar-refractivity contribution in [2.75, 3.05) is 11.5 Å². The summed E-state index contributed by atoms with van der Waals surface area (Å²) in [5, 5.41) is 0. The molecule has 0 spiro atoms. The minimum Gasteiger partial charge on any atom is -0.494 e. The monoisotopic (exact) mass is 456 g/mol. The molecule has 174 valence electrons. The fourth-order valence-electron chi connectivity index (χ4n) is 4.06. The molecule has 1 saturated heterocycles. The lowest BCUT2D eigenvalue weighted by Gasteiger charge is -2.28. The van der Waals surface area contributed by atoms with Crippen LogP contribution in [-0.4, -0.2) is 35.3 Å². The lowest BCUT2D eigenvalue weighted by Crippen LogP contribution is -2.45. The Morgan fingerprint density at radius 3 is 2.09 bits per heavy atom. The maximum atomic E-state index is 13.6. The SMILES string of the molecule is CCOc1ccc(N2C(=O)CC(N(Cc3ccc(C)cc3)C(=O)c3ccc(C)cc3)C2=O)cc1. The number of carbonyl (C=O) groups is 3. The van der Waals surface area contributed by atoms with E-state index in [9.17, 15) is 14.4 Å². The molecule has 0 aliphatic carbocycles. The summed E-state index contributed by atoms with van der Waals surface area (Å²) >= 11 is 0. The van der Waals surface area contributed by atoms with Gasteiger partial charge in [-0.2, -0.15) is 0 Å². The molecule has 1 fully saturated rings. The number of imide groups is 1. The lowest BCUT2D eigenvalue weighted by molar-refractivity contribution is -0.122. The molecule has 6 heteroatoms. The first-order chi connectivity index (χ1) is 16.4. The Morgan fingerprint density at radius 2 is 1.50 bits per heavy atom. The molecule has 0 aromatic heterocycles. The zero-order valence-corrected chi connectivity index (χ0v) is 19.7. The lowest BCUT2D eigenvalue weighted by atomic mass is 10.1. The molecule has 3 amide bonds. The van der Waals surface area contributed by atoms with Crippen molar-refractivity contribution >= 4 is 23.4 Å². The first-order valence-corrected chi connectivity index (χ1v) is 11.4. The van der Waals surface area contributed by atoms with Crippen LogP contribution in [-0.2, 0) is 16.1 Å². The molecule has 1 aliphatic heterocycles. The summed E-state index contributed by atoms with van der Waals surface area (Å²) in [6, 6.07) is 21.0. The van der Waals surface area contributed by atoms with Gasteiger partial charge in [0.1, 0.15) is 11.8 Å². The van der Waals surface area contributed by atoms with Gasteiger partial charge < -0.3 is 9.64 Å². The standard InChI is InChI=1S/C28H28N2O4/c1-4-34-24-15-13-23(14-16-24)30-26(31)17-25(28(30)33)29(18-21-9-5-19(2)6-10-21)27(32)22-11-7-20(3)8-12-22/h5-16,25H,4,17-18H2,1-3H3. The maximum Gasteiger partial charge on any atom is 0.257 e. The predicted molar refractivity (Wildman–Crippen MR) is 131 cm³/mol. The van der Waals surface area contributed by atoms with Gasteiger partial charge in [-0.25, -0.2) is 4.90 Å². The van der Waals surface area contributed by atoms with Crippen LogP contribution in [0.3, 0.4) is 0 Å². The number of rotatable bonds is 7. The Hall–Kier alpha value is -3.93. The van der Waals surface area contributed by atoms with Crippen molar-refractivity contribution in [3.8, 4) is 5.75 Å². The van der Waals surface area contributed by atoms with Gasteiger partial charge in [-0.1, -0.05) is 47.5 Å². The van der Waals surface area contributed by atoms with E-state index >= 15 is 0 Å². The number of aryl methyl sites for hydroxylation is 2. The number of carbonyl (C=O) groups excluding carboxylic acids is 3. The van der Waals surface area contributed by atoms with Gasteiger partial charge in [0.25, 0.3) is 11.8 Å². The van der Waals surface area contributed by atoms with E-state index in [0.29, 0.717) is 23.6 Å². The van der Waals surface area contributed by atoms with E-state index in [1.54, 1.807) is 36.4 Å². The second-order valence-electron chi connectivity index (χ2n) is 8.50. The van der Waals surface area contributed by atoms with Crippen LogP contribution in [0.1, 0.15) is 40.4 Å². The summed E-state index contributed by atoms with van der Waals surface area (Å²) in [4.78, 5) is 42.7. The zero-order chi connectivity index (χ0) is 24.2. The van der Waals surface area contributed by atoms with E-state index in [1.807, 2.05) is 57.2 Å². The third-order valence-corrected chi connectivity index (χ3v) is 5.94. The Labute approximate surface area is 199 Å². The quantitative estimate of drug-likeness (QED) is 0.485. The second kappa shape index (κ2) is 9.91. The first kappa shape index (κ1) is 23.2. The van der Waals surface area contributed by atoms with Gasteiger partial charge in [0.05, 0.1) is 18.7 Å². The summed E-state index contributed by atoms with van der Waals surface area (Å²) in [7, 11) is 0. The van der Waals surface area contributed by atoms with Gasteiger partial charge in [0, 0.05) is 12.1 Å². The molecule has 6 nitrogen and oxygen atoms in total. The fourth-order valence-corrected chi connectivity index (χ4v) is 4.06.